The summed E-state index contributed by atoms with van der Waals surface area (Å²) < 4.78 is 23.9. The molecule has 0 radical (unpaired) electrons. The lowest BCUT2D eigenvalue weighted by molar-refractivity contribution is -0.118. The lowest BCUT2D eigenvalue weighted by Crippen LogP contribution is -2.20. The minimum absolute atomic E-state index is 0.239. The number of ether oxygens (including phenoxy) is 1. The highest BCUT2D eigenvalue weighted by Gasteiger charge is 2.10. The van der Waals surface area contributed by atoms with E-state index in [1.165, 1.54) is 29.5 Å². The van der Waals surface area contributed by atoms with Gasteiger partial charge in [-0.2, -0.15) is 0 Å². The lowest BCUT2D eigenvalue weighted by Gasteiger charge is -2.06. The Labute approximate surface area is 162 Å². The van der Waals surface area contributed by atoms with Crippen LogP contribution >= 0.6 is 11.3 Å². The number of carbonyl (C=O) groups excluding carboxylic acids is 1. The molecule has 0 fully saturated rings. The van der Waals surface area contributed by atoms with Crippen molar-refractivity contribution in [3.8, 4) is 17.0 Å². The summed E-state index contributed by atoms with van der Waals surface area (Å²) in [5.41, 5.74) is 1.13. The number of rotatable bonds is 5. The van der Waals surface area contributed by atoms with E-state index in [0.29, 0.717) is 27.7 Å². The van der Waals surface area contributed by atoms with Crippen LogP contribution in [0.4, 0.5) is 9.52 Å². The van der Waals surface area contributed by atoms with Gasteiger partial charge in [0.2, 0.25) is 0 Å². The Kier molecular flexibility index (Phi) is 4.86. The highest BCUT2D eigenvalue weighted by atomic mass is 32.1. The highest BCUT2D eigenvalue weighted by molar-refractivity contribution is 7.14. The van der Waals surface area contributed by atoms with E-state index in [0.717, 1.165) is 5.39 Å². The second kappa shape index (κ2) is 7.61. The van der Waals surface area contributed by atoms with Crippen LogP contribution in [0, 0.1) is 5.82 Å². The number of nitrogens with one attached hydrogen (secondary N) is 1. The third-order valence-electron chi connectivity index (χ3n) is 3.84. The van der Waals surface area contributed by atoms with Crippen LogP contribution in [0.15, 0.2) is 69.2 Å². The van der Waals surface area contributed by atoms with E-state index < -0.39 is 11.5 Å². The first-order chi connectivity index (χ1) is 13.6. The van der Waals surface area contributed by atoms with Gasteiger partial charge in [0.1, 0.15) is 17.1 Å². The average molecular weight is 396 g/mol. The number of carbonyl (C=O) groups is 1. The Hall–Kier alpha value is -3.52. The van der Waals surface area contributed by atoms with E-state index in [-0.39, 0.29) is 12.4 Å². The average Bonchev–Trinajstić information content (AvgIpc) is 3.14. The van der Waals surface area contributed by atoms with Crippen LogP contribution in [-0.4, -0.2) is 17.5 Å². The van der Waals surface area contributed by atoms with Crippen LogP contribution in [0.5, 0.6) is 5.75 Å². The topological polar surface area (TPSA) is 81.4 Å². The number of nitrogens with zero attached hydrogens (tertiary/aromatic N) is 1. The van der Waals surface area contributed by atoms with Crippen molar-refractivity contribution < 1.29 is 18.3 Å². The fourth-order valence-electron chi connectivity index (χ4n) is 2.55. The molecule has 2 aromatic carbocycles. The fourth-order valence-corrected chi connectivity index (χ4v) is 3.28. The van der Waals surface area contributed by atoms with E-state index in [2.05, 4.69) is 10.3 Å². The first-order valence-corrected chi connectivity index (χ1v) is 9.13. The van der Waals surface area contributed by atoms with Crippen molar-refractivity contribution in [3.63, 3.8) is 0 Å². The van der Waals surface area contributed by atoms with Gasteiger partial charge in [0.05, 0.1) is 5.69 Å². The van der Waals surface area contributed by atoms with Crippen molar-refractivity contribution in [2.75, 3.05) is 11.9 Å². The zero-order valence-corrected chi connectivity index (χ0v) is 15.2. The van der Waals surface area contributed by atoms with Crippen molar-refractivity contribution >= 4 is 33.3 Å². The van der Waals surface area contributed by atoms with Gasteiger partial charge >= 0.3 is 5.63 Å². The van der Waals surface area contributed by atoms with E-state index in [1.807, 2.05) is 0 Å². The SMILES string of the molecule is O=C(COc1ccc2ccc(=O)oc2c1)Nc1nc(-c2cccc(F)c2)cs1. The standard InChI is InChI=1S/C20H13FN2O4S/c21-14-3-1-2-13(8-14)16-11-28-20(22-16)23-18(24)10-26-15-6-4-12-5-7-19(25)27-17(12)9-15/h1-9,11H,10H2,(H,22,23,24). The zero-order chi connectivity index (χ0) is 19.5. The summed E-state index contributed by atoms with van der Waals surface area (Å²) in [6.07, 6.45) is 0. The molecule has 0 bridgehead atoms. The summed E-state index contributed by atoms with van der Waals surface area (Å²) in [6.45, 7) is -0.239. The Morgan fingerprint density at radius 1 is 1.18 bits per heavy atom. The summed E-state index contributed by atoms with van der Waals surface area (Å²) in [5, 5.41) is 5.51. The smallest absolute Gasteiger partial charge is 0.336 e. The Balaban J connectivity index is 1.39. The van der Waals surface area contributed by atoms with Crippen LogP contribution in [0.2, 0.25) is 0 Å². The third kappa shape index (κ3) is 4.07. The maximum atomic E-state index is 13.3. The second-order valence-corrected chi connectivity index (χ2v) is 6.70. The second-order valence-electron chi connectivity index (χ2n) is 5.84. The van der Waals surface area contributed by atoms with Crippen LogP contribution in [-0.2, 0) is 4.79 Å². The Bertz CT molecular complexity index is 1220. The molecule has 1 amide bonds. The van der Waals surface area contributed by atoms with Gasteiger partial charge in [-0.25, -0.2) is 14.2 Å². The number of benzene rings is 2. The van der Waals surface area contributed by atoms with Crippen LogP contribution in [0.1, 0.15) is 0 Å². The van der Waals surface area contributed by atoms with Gasteiger partial charge in [-0.05, 0) is 30.3 Å². The van der Waals surface area contributed by atoms with Gasteiger partial charge in [-0.15, -0.1) is 11.3 Å². The normalized spacial score (nSPS) is 10.8. The molecule has 28 heavy (non-hydrogen) atoms. The molecule has 0 saturated heterocycles. The minimum Gasteiger partial charge on any atom is -0.484 e. The Morgan fingerprint density at radius 3 is 2.89 bits per heavy atom. The summed E-state index contributed by atoms with van der Waals surface area (Å²) in [5.74, 6) is -0.345. The molecule has 0 aliphatic heterocycles. The van der Waals surface area contributed by atoms with Crippen LogP contribution in [0.3, 0.4) is 0 Å². The summed E-state index contributed by atoms with van der Waals surface area (Å²) in [6, 6.07) is 14.0. The predicted molar refractivity (Wildman–Crippen MR) is 104 cm³/mol. The number of thiazole rings is 1. The fraction of sp³-hybridized carbons (Fsp3) is 0.0500. The molecule has 8 heteroatoms. The number of halogens is 1. The van der Waals surface area contributed by atoms with Gasteiger partial charge < -0.3 is 9.15 Å². The zero-order valence-electron chi connectivity index (χ0n) is 14.3. The highest BCUT2D eigenvalue weighted by Crippen LogP contribution is 2.25. The summed E-state index contributed by atoms with van der Waals surface area (Å²) in [4.78, 5) is 27.7. The molecular weight excluding hydrogens is 383 g/mol. The van der Waals surface area contributed by atoms with Crippen molar-refractivity contribution in [1.82, 2.24) is 4.98 Å². The summed E-state index contributed by atoms with van der Waals surface area (Å²) in [7, 11) is 0. The van der Waals surface area contributed by atoms with Gasteiger partial charge in [-0.1, -0.05) is 12.1 Å². The Morgan fingerprint density at radius 2 is 2.04 bits per heavy atom. The molecule has 0 unspecified atom stereocenters. The molecule has 4 rings (SSSR count). The number of anilines is 1. The van der Waals surface area contributed by atoms with E-state index in [1.54, 1.807) is 41.8 Å². The first kappa shape index (κ1) is 17.9. The molecule has 6 nitrogen and oxygen atoms in total. The van der Waals surface area contributed by atoms with Gasteiger partial charge in [0.15, 0.2) is 11.7 Å². The predicted octanol–water partition coefficient (Wildman–Crippen LogP) is 4.07. The van der Waals surface area contributed by atoms with Gasteiger partial charge in [-0.3, -0.25) is 10.1 Å². The lowest BCUT2D eigenvalue weighted by atomic mass is 10.2. The number of hydrogen-bond donors (Lipinski definition) is 1. The van der Waals surface area contributed by atoms with Crippen molar-refractivity contribution in [2.45, 2.75) is 0 Å². The molecular formula is C20H13FN2O4S. The molecule has 0 atom stereocenters. The van der Waals surface area contributed by atoms with Crippen LogP contribution in [0.25, 0.3) is 22.2 Å². The first-order valence-electron chi connectivity index (χ1n) is 8.25. The number of aromatic nitrogens is 1. The molecule has 2 aromatic heterocycles. The molecule has 0 saturated carbocycles. The number of amides is 1. The molecule has 140 valence electrons. The van der Waals surface area contributed by atoms with Crippen molar-refractivity contribution in [3.05, 3.63) is 76.2 Å². The molecule has 0 aliphatic rings. The minimum atomic E-state index is -0.458. The number of fused-ring (bicyclic) bond motifs is 1. The molecule has 0 spiro atoms. The monoisotopic (exact) mass is 396 g/mol. The van der Waals surface area contributed by atoms with Crippen molar-refractivity contribution in [1.29, 1.82) is 0 Å². The van der Waals surface area contributed by atoms with E-state index in [4.69, 9.17) is 9.15 Å². The maximum absolute atomic E-state index is 13.3. The number of hydrogen-bond acceptors (Lipinski definition) is 6. The third-order valence-corrected chi connectivity index (χ3v) is 4.59. The molecule has 2 heterocycles. The summed E-state index contributed by atoms with van der Waals surface area (Å²) >= 11 is 1.23. The molecule has 0 aliphatic carbocycles. The van der Waals surface area contributed by atoms with Gasteiger partial charge in [0.25, 0.3) is 5.91 Å². The molecule has 1 N–H and O–H groups in total. The van der Waals surface area contributed by atoms with Crippen LogP contribution < -0.4 is 15.7 Å². The largest absolute Gasteiger partial charge is 0.484 e. The maximum Gasteiger partial charge on any atom is 0.336 e. The van der Waals surface area contributed by atoms with Crippen molar-refractivity contribution in [2.24, 2.45) is 0 Å². The van der Waals surface area contributed by atoms with E-state index >= 15 is 0 Å². The quantitative estimate of drug-likeness (QED) is 0.514. The van der Waals surface area contributed by atoms with E-state index in [9.17, 15) is 14.0 Å². The molecule has 4 aromatic rings. The van der Waals surface area contributed by atoms with Gasteiger partial charge in [0, 0.05) is 28.5 Å².